The maximum Gasteiger partial charge on any atom is 0.351 e. The zero-order valence-corrected chi connectivity index (χ0v) is 11.3. The fourth-order valence-electron chi connectivity index (χ4n) is 2.05. The molecule has 0 spiro atoms. The molecule has 0 saturated carbocycles. The third-order valence-electron chi connectivity index (χ3n) is 3.11. The van der Waals surface area contributed by atoms with Gasteiger partial charge in [0.1, 0.15) is 6.10 Å². The van der Waals surface area contributed by atoms with E-state index >= 15 is 0 Å². The molecule has 1 unspecified atom stereocenters. The second-order valence-corrected chi connectivity index (χ2v) is 4.40. The molecular weight excluding hydrogens is 303 g/mol. The van der Waals surface area contributed by atoms with Crippen LogP contribution in [0.1, 0.15) is 6.23 Å². The van der Waals surface area contributed by atoms with Crippen LogP contribution in [0.2, 0.25) is 0 Å². The minimum Gasteiger partial charge on any atom is -0.393 e. The van der Waals surface area contributed by atoms with E-state index in [-0.39, 0.29) is 5.82 Å². The van der Waals surface area contributed by atoms with Crippen molar-refractivity contribution in [1.82, 2.24) is 9.55 Å². The summed E-state index contributed by atoms with van der Waals surface area (Å²) in [6, 6.07) is 1.31. The molecule has 0 radical (unpaired) electrons. The van der Waals surface area contributed by atoms with E-state index in [9.17, 15) is 19.4 Å². The summed E-state index contributed by atoms with van der Waals surface area (Å²) in [5.41, 5.74) is 7.68. The molecule has 120 valence electrons. The van der Waals surface area contributed by atoms with E-state index < -0.39 is 36.5 Å². The van der Waals surface area contributed by atoms with Crippen LogP contribution in [0.5, 0.6) is 0 Å². The number of aliphatic hydroxyl groups excluding tert-OH is 2. The number of anilines is 1. The summed E-state index contributed by atoms with van der Waals surface area (Å²) >= 11 is 0. The van der Waals surface area contributed by atoms with Crippen molar-refractivity contribution in [1.29, 1.82) is 0 Å². The lowest BCUT2D eigenvalue weighted by atomic mass is 10.1. The average Bonchev–Trinajstić information content (AvgIpc) is 2.74. The fraction of sp³-hybridized carbons (Fsp3) is 0.600. The Balaban J connectivity index is 2.38. The minimum atomic E-state index is -2.21. The first-order chi connectivity index (χ1) is 10.5. The first-order valence-corrected chi connectivity index (χ1v) is 6.04. The topological polar surface area (TPSA) is 155 Å². The molecule has 4 atom stereocenters. The van der Waals surface area contributed by atoms with Crippen LogP contribution in [-0.4, -0.2) is 51.5 Å². The molecule has 1 aliphatic heterocycles. The van der Waals surface area contributed by atoms with Crippen LogP contribution >= 0.6 is 0 Å². The Kier molecular flexibility index (Phi) is 4.59. The molecule has 11 nitrogen and oxygen atoms in total. The van der Waals surface area contributed by atoms with E-state index in [0.717, 1.165) is 10.8 Å². The Labute approximate surface area is 122 Å². The lowest BCUT2D eigenvalue weighted by Gasteiger charge is -2.23. The molecule has 1 aliphatic rings. The van der Waals surface area contributed by atoms with Crippen molar-refractivity contribution in [3.63, 3.8) is 0 Å². The zero-order valence-electron chi connectivity index (χ0n) is 11.3. The summed E-state index contributed by atoms with van der Waals surface area (Å²) in [4.78, 5) is 22.4. The number of rotatable bonds is 5. The smallest absolute Gasteiger partial charge is 0.351 e. The number of nitrogens with zero attached hydrogens (tertiary/aromatic N) is 5. The third kappa shape index (κ3) is 2.61. The normalized spacial score (nSPS) is 30.8. The van der Waals surface area contributed by atoms with Gasteiger partial charge >= 0.3 is 5.69 Å². The second kappa shape index (κ2) is 6.25. The number of hydrogen-bond acceptors (Lipinski definition) is 8. The number of ether oxygens (including phenoxy) is 1. The Morgan fingerprint density at radius 1 is 1.77 bits per heavy atom. The van der Waals surface area contributed by atoms with Gasteiger partial charge in [0.2, 0.25) is 5.72 Å². The SMILES string of the molecule is CONc1ccn([C@@H]2OC(CO)(N=[N+]=[N-])[C@@H](O)[C@@H]2F)c(=O)n1. The fourth-order valence-corrected chi connectivity index (χ4v) is 2.05. The van der Waals surface area contributed by atoms with E-state index in [4.69, 9.17) is 10.3 Å². The highest BCUT2D eigenvalue weighted by molar-refractivity contribution is 5.28. The van der Waals surface area contributed by atoms with Gasteiger partial charge in [-0.2, -0.15) is 4.98 Å². The van der Waals surface area contributed by atoms with Gasteiger partial charge < -0.3 is 14.9 Å². The number of aliphatic hydroxyl groups is 2. The van der Waals surface area contributed by atoms with Crippen molar-refractivity contribution >= 4 is 5.82 Å². The van der Waals surface area contributed by atoms with Crippen molar-refractivity contribution in [2.45, 2.75) is 24.2 Å². The predicted octanol–water partition coefficient (Wildman–Crippen LogP) is -0.557. The average molecular weight is 316 g/mol. The Morgan fingerprint density at radius 2 is 2.50 bits per heavy atom. The molecule has 1 fully saturated rings. The second-order valence-electron chi connectivity index (χ2n) is 4.40. The van der Waals surface area contributed by atoms with Gasteiger partial charge in [-0.05, 0) is 11.6 Å². The third-order valence-corrected chi connectivity index (χ3v) is 3.11. The molecular formula is C10H13FN6O5. The van der Waals surface area contributed by atoms with Crippen molar-refractivity contribution in [3.05, 3.63) is 33.2 Å². The molecule has 1 aromatic heterocycles. The summed E-state index contributed by atoms with van der Waals surface area (Å²) in [7, 11) is 1.32. The standard InChI is InChI=1S/C10H13FN6O5/c1-21-14-5-2-3-17(9(20)13-5)8-6(11)7(19)10(4-18,22-8)15-16-12/h2-3,6-8,18-19H,4H2,1H3,(H,13,14,20)/t6-,7-,8+,10?/m0/s1. The van der Waals surface area contributed by atoms with Crippen LogP contribution in [-0.2, 0) is 9.57 Å². The van der Waals surface area contributed by atoms with Gasteiger partial charge in [-0.15, -0.1) is 0 Å². The van der Waals surface area contributed by atoms with Crippen molar-refractivity contribution < 1.29 is 24.2 Å². The number of alkyl halides is 1. The van der Waals surface area contributed by atoms with Crippen LogP contribution in [0, 0.1) is 0 Å². The van der Waals surface area contributed by atoms with Crippen LogP contribution in [0.25, 0.3) is 10.4 Å². The van der Waals surface area contributed by atoms with Crippen molar-refractivity contribution in [2.24, 2.45) is 5.11 Å². The van der Waals surface area contributed by atoms with Crippen LogP contribution in [0.15, 0.2) is 22.2 Å². The molecule has 2 heterocycles. The molecule has 3 N–H and O–H groups in total. The van der Waals surface area contributed by atoms with Crippen molar-refractivity contribution in [3.8, 4) is 0 Å². The number of aromatic nitrogens is 2. The zero-order chi connectivity index (χ0) is 16.3. The summed E-state index contributed by atoms with van der Waals surface area (Å²) in [6.45, 7) is -0.958. The van der Waals surface area contributed by atoms with Gasteiger partial charge in [-0.3, -0.25) is 9.40 Å². The summed E-state index contributed by atoms with van der Waals surface area (Å²) in [5, 5.41) is 22.2. The maximum absolute atomic E-state index is 14.2. The van der Waals surface area contributed by atoms with E-state index in [1.165, 1.54) is 13.2 Å². The number of hydrogen-bond donors (Lipinski definition) is 3. The lowest BCUT2D eigenvalue weighted by Crippen LogP contribution is -2.43. The van der Waals surface area contributed by atoms with Crippen LogP contribution in [0.4, 0.5) is 10.2 Å². The van der Waals surface area contributed by atoms with Gasteiger partial charge in [-0.25, -0.2) is 14.7 Å². The van der Waals surface area contributed by atoms with E-state index in [0.29, 0.717) is 0 Å². The predicted molar refractivity (Wildman–Crippen MR) is 69.1 cm³/mol. The Hall–Kier alpha value is -2.24. The molecule has 2 rings (SSSR count). The van der Waals surface area contributed by atoms with E-state index in [1.54, 1.807) is 0 Å². The first-order valence-electron chi connectivity index (χ1n) is 6.04. The van der Waals surface area contributed by atoms with Gasteiger partial charge in [0.15, 0.2) is 18.2 Å². The van der Waals surface area contributed by atoms with Gasteiger partial charge in [0.25, 0.3) is 0 Å². The van der Waals surface area contributed by atoms with Gasteiger partial charge in [0, 0.05) is 11.1 Å². The van der Waals surface area contributed by atoms with E-state index in [2.05, 4.69) is 25.3 Å². The van der Waals surface area contributed by atoms with Crippen LogP contribution < -0.4 is 11.2 Å². The number of halogens is 1. The highest BCUT2D eigenvalue weighted by atomic mass is 19.1. The molecule has 0 aliphatic carbocycles. The number of nitrogens with one attached hydrogen (secondary N) is 1. The van der Waals surface area contributed by atoms with Crippen molar-refractivity contribution in [2.75, 3.05) is 19.2 Å². The largest absolute Gasteiger partial charge is 0.393 e. The Morgan fingerprint density at radius 3 is 3.05 bits per heavy atom. The highest BCUT2D eigenvalue weighted by Gasteiger charge is 2.56. The minimum absolute atomic E-state index is 0.0844. The molecule has 0 aromatic carbocycles. The number of azide groups is 1. The quantitative estimate of drug-likeness (QED) is 0.285. The van der Waals surface area contributed by atoms with Gasteiger partial charge in [0.05, 0.1) is 13.7 Å². The van der Waals surface area contributed by atoms with E-state index in [1.807, 2.05) is 0 Å². The summed E-state index contributed by atoms with van der Waals surface area (Å²) in [5.74, 6) is 0.0844. The molecule has 22 heavy (non-hydrogen) atoms. The molecule has 0 amide bonds. The summed E-state index contributed by atoms with van der Waals surface area (Å²) < 4.78 is 20.1. The molecule has 1 aromatic rings. The Bertz CT molecular complexity index is 649. The monoisotopic (exact) mass is 316 g/mol. The molecule has 12 heteroatoms. The van der Waals surface area contributed by atoms with Gasteiger partial charge in [-0.1, -0.05) is 5.11 Å². The molecule has 0 bridgehead atoms. The highest BCUT2D eigenvalue weighted by Crippen LogP contribution is 2.39. The lowest BCUT2D eigenvalue weighted by molar-refractivity contribution is -0.124. The molecule has 1 saturated heterocycles. The summed E-state index contributed by atoms with van der Waals surface area (Å²) in [6.07, 6.45) is -4.51. The van der Waals surface area contributed by atoms with Crippen LogP contribution in [0.3, 0.4) is 0 Å². The first kappa shape index (κ1) is 16.1. The maximum atomic E-state index is 14.2.